The number of rotatable bonds is 3. The van der Waals surface area contributed by atoms with Gasteiger partial charge in [-0.15, -0.1) is 5.92 Å². The third kappa shape index (κ3) is 1.86. The first kappa shape index (κ1) is 9.80. The molecule has 2 aliphatic carbocycles. The van der Waals surface area contributed by atoms with Crippen molar-refractivity contribution in [1.82, 2.24) is 5.32 Å². The SMILES string of the molecule is CC#CCNC(C)C1CC2C=CC1C2. The molecule has 1 heteroatoms. The number of allylic oxidation sites excluding steroid dienone is 2. The smallest absolute Gasteiger partial charge is 0.0578 e. The molecule has 1 N–H and O–H groups in total. The van der Waals surface area contributed by atoms with E-state index in [0.717, 1.165) is 24.3 Å². The summed E-state index contributed by atoms with van der Waals surface area (Å²) in [5.74, 6) is 8.56. The molecule has 0 saturated heterocycles. The van der Waals surface area contributed by atoms with Crippen LogP contribution in [-0.4, -0.2) is 12.6 Å². The van der Waals surface area contributed by atoms with Crippen LogP contribution >= 0.6 is 0 Å². The Bertz CT molecular complexity index is 281. The van der Waals surface area contributed by atoms with Gasteiger partial charge in [-0.1, -0.05) is 18.1 Å². The fraction of sp³-hybridized carbons (Fsp3) is 0.692. The summed E-state index contributed by atoms with van der Waals surface area (Å²) in [5.41, 5.74) is 0. The quantitative estimate of drug-likeness (QED) is 0.530. The lowest BCUT2D eigenvalue weighted by molar-refractivity contribution is 0.337. The largest absolute Gasteiger partial charge is 0.303 e. The van der Waals surface area contributed by atoms with Crippen LogP contribution in [0.5, 0.6) is 0 Å². The molecule has 0 aromatic carbocycles. The van der Waals surface area contributed by atoms with E-state index in [1.54, 1.807) is 0 Å². The van der Waals surface area contributed by atoms with Crippen molar-refractivity contribution in [3.63, 3.8) is 0 Å². The zero-order valence-corrected chi connectivity index (χ0v) is 9.09. The highest BCUT2D eigenvalue weighted by atomic mass is 14.9. The van der Waals surface area contributed by atoms with Crippen molar-refractivity contribution >= 4 is 0 Å². The van der Waals surface area contributed by atoms with E-state index in [0.29, 0.717) is 6.04 Å². The summed E-state index contributed by atoms with van der Waals surface area (Å²) >= 11 is 0. The number of hydrogen-bond acceptors (Lipinski definition) is 1. The molecule has 1 fully saturated rings. The molecule has 0 amide bonds. The molecule has 14 heavy (non-hydrogen) atoms. The van der Waals surface area contributed by atoms with Crippen molar-refractivity contribution in [2.24, 2.45) is 17.8 Å². The summed E-state index contributed by atoms with van der Waals surface area (Å²) in [5, 5.41) is 3.50. The highest BCUT2D eigenvalue weighted by molar-refractivity contribution is 5.12. The van der Waals surface area contributed by atoms with Gasteiger partial charge in [-0.3, -0.25) is 0 Å². The summed E-state index contributed by atoms with van der Waals surface area (Å²) in [6.07, 6.45) is 7.60. The lowest BCUT2D eigenvalue weighted by atomic mass is 9.87. The van der Waals surface area contributed by atoms with Gasteiger partial charge in [0.2, 0.25) is 0 Å². The molecule has 0 aromatic rings. The van der Waals surface area contributed by atoms with Crippen molar-refractivity contribution in [3.8, 4) is 11.8 Å². The van der Waals surface area contributed by atoms with Crippen molar-refractivity contribution in [3.05, 3.63) is 12.2 Å². The van der Waals surface area contributed by atoms with E-state index in [2.05, 4.69) is 36.2 Å². The Morgan fingerprint density at radius 3 is 2.86 bits per heavy atom. The molecule has 1 saturated carbocycles. The molecular formula is C13H19N. The van der Waals surface area contributed by atoms with Gasteiger partial charge in [0.1, 0.15) is 0 Å². The topological polar surface area (TPSA) is 12.0 Å². The minimum Gasteiger partial charge on any atom is -0.303 e. The van der Waals surface area contributed by atoms with E-state index in [1.807, 2.05) is 6.92 Å². The van der Waals surface area contributed by atoms with Gasteiger partial charge in [-0.25, -0.2) is 0 Å². The van der Waals surface area contributed by atoms with Crippen LogP contribution < -0.4 is 5.32 Å². The first-order chi connectivity index (χ1) is 6.81. The summed E-state index contributed by atoms with van der Waals surface area (Å²) in [4.78, 5) is 0. The van der Waals surface area contributed by atoms with Crippen molar-refractivity contribution in [2.45, 2.75) is 32.7 Å². The molecule has 2 aliphatic rings. The van der Waals surface area contributed by atoms with Crippen LogP contribution in [0.3, 0.4) is 0 Å². The predicted octanol–water partition coefficient (Wildman–Crippen LogP) is 2.20. The van der Waals surface area contributed by atoms with E-state index < -0.39 is 0 Å². The Morgan fingerprint density at radius 1 is 1.43 bits per heavy atom. The molecule has 1 nitrogen and oxygen atoms in total. The van der Waals surface area contributed by atoms with Crippen LogP contribution in [0.4, 0.5) is 0 Å². The maximum Gasteiger partial charge on any atom is 0.0578 e. The molecule has 2 bridgehead atoms. The summed E-state index contributed by atoms with van der Waals surface area (Å²) in [6, 6.07) is 0.621. The average molecular weight is 189 g/mol. The lowest BCUT2D eigenvalue weighted by Crippen LogP contribution is -2.35. The molecule has 0 heterocycles. The summed E-state index contributed by atoms with van der Waals surface area (Å²) in [7, 11) is 0. The van der Waals surface area contributed by atoms with Crippen LogP contribution in [0.2, 0.25) is 0 Å². The highest BCUT2D eigenvalue weighted by Crippen LogP contribution is 2.44. The Hall–Kier alpha value is -0.740. The molecular weight excluding hydrogens is 170 g/mol. The normalized spacial score (nSPS) is 35.4. The zero-order valence-electron chi connectivity index (χ0n) is 9.09. The van der Waals surface area contributed by atoms with E-state index in [1.165, 1.54) is 12.8 Å². The minimum atomic E-state index is 0.621. The Kier molecular flexibility index (Phi) is 2.93. The van der Waals surface area contributed by atoms with Crippen molar-refractivity contribution in [2.75, 3.05) is 6.54 Å². The molecule has 76 valence electrons. The second-order valence-electron chi connectivity index (χ2n) is 4.54. The van der Waals surface area contributed by atoms with Crippen LogP contribution in [0.25, 0.3) is 0 Å². The maximum absolute atomic E-state index is 3.50. The van der Waals surface area contributed by atoms with Gasteiger partial charge in [0, 0.05) is 6.04 Å². The fourth-order valence-corrected chi connectivity index (χ4v) is 2.85. The van der Waals surface area contributed by atoms with Crippen molar-refractivity contribution in [1.29, 1.82) is 0 Å². The van der Waals surface area contributed by atoms with Gasteiger partial charge in [0.05, 0.1) is 6.54 Å². The van der Waals surface area contributed by atoms with Gasteiger partial charge >= 0.3 is 0 Å². The lowest BCUT2D eigenvalue weighted by Gasteiger charge is -2.25. The summed E-state index contributed by atoms with van der Waals surface area (Å²) in [6.45, 7) is 5.04. The standard InChI is InChI=1S/C13H19N/c1-3-4-7-14-10(2)13-9-11-5-6-12(13)8-11/h5-6,10-14H,7-9H2,1-2H3. The molecule has 2 rings (SSSR count). The van der Waals surface area contributed by atoms with Gasteiger partial charge in [-0.2, -0.15) is 0 Å². The van der Waals surface area contributed by atoms with Crippen molar-refractivity contribution < 1.29 is 0 Å². The van der Waals surface area contributed by atoms with Gasteiger partial charge in [0.25, 0.3) is 0 Å². The van der Waals surface area contributed by atoms with E-state index in [9.17, 15) is 0 Å². The first-order valence-electron chi connectivity index (χ1n) is 5.62. The number of hydrogen-bond donors (Lipinski definition) is 1. The molecule has 4 unspecified atom stereocenters. The monoisotopic (exact) mass is 189 g/mol. The van der Waals surface area contributed by atoms with Crippen LogP contribution in [0.15, 0.2) is 12.2 Å². The minimum absolute atomic E-state index is 0.621. The van der Waals surface area contributed by atoms with Crippen LogP contribution in [-0.2, 0) is 0 Å². The fourth-order valence-electron chi connectivity index (χ4n) is 2.85. The molecule has 0 aliphatic heterocycles. The highest BCUT2D eigenvalue weighted by Gasteiger charge is 2.37. The second kappa shape index (κ2) is 4.19. The maximum atomic E-state index is 3.50. The Labute approximate surface area is 87.0 Å². The van der Waals surface area contributed by atoms with Crippen LogP contribution in [0.1, 0.15) is 26.7 Å². The van der Waals surface area contributed by atoms with Crippen LogP contribution in [0, 0.1) is 29.6 Å². The molecule has 4 atom stereocenters. The average Bonchev–Trinajstić information content (AvgIpc) is 2.79. The Balaban J connectivity index is 1.83. The van der Waals surface area contributed by atoms with E-state index >= 15 is 0 Å². The summed E-state index contributed by atoms with van der Waals surface area (Å²) < 4.78 is 0. The van der Waals surface area contributed by atoms with E-state index in [4.69, 9.17) is 0 Å². The molecule has 0 aromatic heterocycles. The number of fused-ring (bicyclic) bond motifs is 2. The van der Waals surface area contributed by atoms with Gasteiger partial charge < -0.3 is 5.32 Å². The third-order valence-corrected chi connectivity index (χ3v) is 3.66. The third-order valence-electron chi connectivity index (χ3n) is 3.66. The van der Waals surface area contributed by atoms with Gasteiger partial charge in [0.15, 0.2) is 0 Å². The zero-order chi connectivity index (χ0) is 9.97. The van der Waals surface area contributed by atoms with Gasteiger partial charge in [-0.05, 0) is 44.4 Å². The number of nitrogens with one attached hydrogen (secondary N) is 1. The first-order valence-corrected chi connectivity index (χ1v) is 5.62. The second-order valence-corrected chi connectivity index (χ2v) is 4.54. The van der Waals surface area contributed by atoms with E-state index in [-0.39, 0.29) is 0 Å². The molecule has 0 radical (unpaired) electrons. The molecule has 0 spiro atoms. The predicted molar refractivity (Wildman–Crippen MR) is 59.8 cm³/mol. The Morgan fingerprint density at radius 2 is 2.29 bits per heavy atom.